The molecule has 0 aromatic rings. The van der Waals surface area contributed by atoms with Gasteiger partial charge in [0.25, 0.3) is 0 Å². The van der Waals surface area contributed by atoms with Crippen molar-refractivity contribution in [3.8, 4) is 0 Å². The summed E-state index contributed by atoms with van der Waals surface area (Å²) < 4.78 is 9.10. The molecule has 8 heteroatoms. The van der Waals surface area contributed by atoms with Gasteiger partial charge in [-0.1, -0.05) is 0 Å². The largest absolute Gasteiger partial charge is 0.478 e. The second-order valence-corrected chi connectivity index (χ2v) is 3.40. The molecule has 0 aromatic carbocycles. The van der Waals surface area contributed by atoms with E-state index < -0.39 is 36.5 Å². The van der Waals surface area contributed by atoms with Gasteiger partial charge in [-0.3, -0.25) is 14.9 Å². The Bertz CT molecular complexity index is 312. The standard InChI is InChI=1S/C9H15NO7/c1-5(11)16-6(2)17-7(12)4-10-9(3,15)8(13)14/h6,10,15H,4H2,1-3H3,(H,13,14). The van der Waals surface area contributed by atoms with Crippen LogP contribution in [-0.2, 0) is 23.9 Å². The first-order valence-corrected chi connectivity index (χ1v) is 4.72. The van der Waals surface area contributed by atoms with Crippen LogP contribution in [0.15, 0.2) is 0 Å². The molecule has 0 amide bonds. The molecule has 0 bridgehead atoms. The number of hydrogen-bond acceptors (Lipinski definition) is 7. The van der Waals surface area contributed by atoms with Gasteiger partial charge in [0.05, 0.1) is 6.54 Å². The van der Waals surface area contributed by atoms with Crippen molar-refractivity contribution >= 4 is 17.9 Å². The fourth-order valence-electron chi connectivity index (χ4n) is 0.804. The molecule has 8 nitrogen and oxygen atoms in total. The first-order chi connectivity index (χ1) is 7.65. The van der Waals surface area contributed by atoms with Gasteiger partial charge >= 0.3 is 17.9 Å². The molecular formula is C9H15NO7. The minimum atomic E-state index is -2.23. The van der Waals surface area contributed by atoms with Gasteiger partial charge in [-0.2, -0.15) is 0 Å². The summed E-state index contributed by atoms with van der Waals surface area (Å²) in [5.74, 6) is -3.01. The molecule has 0 radical (unpaired) electrons. The van der Waals surface area contributed by atoms with Crippen molar-refractivity contribution in [3.05, 3.63) is 0 Å². The number of aliphatic hydroxyl groups is 1. The van der Waals surface area contributed by atoms with Crippen molar-refractivity contribution in [2.45, 2.75) is 32.8 Å². The SMILES string of the molecule is CC(=O)OC(C)OC(=O)CNC(C)(O)C(=O)O. The number of carboxylic acid groups (broad SMARTS) is 1. The van der Waals surface area contributed by atoms with Gasteiger partial charge in [-0.05, 0) is 6.92 Å². The molecule has 0 aliphatic carbocycles. The maximum absolute atomic E-state index is 11.1. The number of esters is 2. The second-order valence-electron chi connectivity index (χ2n) is 3.40. The van der Waals surface area contributed by atoms with Crippen molar-refractivity contribution in [2.75, 3.05) is 6.54 Å². The quantitative estimate of drug-likeness (QED) is 0.397. The van der Waals surface area contributed by atoms with E-state index in [0.717, 1.165) is 13.8 Å². The van der Waals surface area contributed by atoms with E-state index in [1.54, 1.807) is 0 Å². The van der Waals surface area contributed by atoms with Gasteiger partial charge in [0.15, 0.2) is 0 Å². The summed E-state index contributed by atoms with van der Waals surface area (Å²) in [5.41, 5.74) is -2.23. The Morgan fingerprint density at radius 2 is 1.88 bits per heavy atom. The van der Waals surface area contributed by atoms with Crippen molar-refractivity contribution in [3.63, 3.8) is 0 Å². The number of aliphatic carboxylic acids is 1. The van der Waals surface area contributed by atoms with Crippen molar-refractivity contribution < 1.29 is 34.1 Å². The van der Waals surface area contributed by atoms with Crippen LogP contribution in [0.1, 0.15) is 20.8 Å². The number of carbonyl (C=O) groups excluding carboxylic acids is 2. The van der Waals surface area contributed by atoms with Crippen LogP contribution in [0.4, 0.5) is 0 Å². The Labute approximate surface area is 97.5 Å². The first-order valence-electron chi connectivity index (χ1n) is 4.72. The number of ether oxygens (including phenoxy) is 2. The monoisotopic (exact) mass is 249 g/mol. The molecule has 0 aliphatic heterocycles. The van der Waals surface area contributed by atoms with E-state index >= 15 is 0 Å². The third-order valence-electron chi connectivity index (χ3n) is 1.62. The molecule has 0 heterocycles. The molecule has 0 saturated carbocycles. The lowest BCUT2D eigenvalue weighted by atomic mass is 10.3. The average Bonchev–Trinajstić information content (AvgIpc) is 2.13. The van der Waals surface area contributed by atoms with E-state index in [4.69, 9.17) is 5.11 Å². The van der Waals surface area contributed by atoms with Crippen LogP contribution in [0.2, 0.25) is 0 Å². The van der Waals surface area contributed by atoms with E-state index in [1.165, 1.54) is 6.92 Å². The molecule has 0 aliphatic rings. The highest BCUT2D eigenvalue weighted by molar-refractivity contribution is 5.78. The summed E-state index contributed by atoms with van der Waals surface area (Å²) in [7, 11) is 0. The van der Waals surface area contributed by atoms with Gasteiger partial charge in [0, 0.05) is 13.8 Å². The molecule has 98 valence electrons. The second kappa shape index (κ2) is 6.16. The normalized spacial score (nSPS) is 15.5. The van der Waals surface area contributed by atoms with Gasteiger partial charge in [0.1, 0.15) is 0 Å². The van der Waals surface area contributed by atoms with Crippen LogP contribution < -0.4 is 5.32 Å². The van der Waals surface area contributed by atoms with Gasteiger partial charge < -0.3 is 19.7 Å². The van der Waals surface area contributed by atoms with Gasteiger partial charge in [-0.25, -0.2) is 4.79 Å². The smallest absolute Gasteiger partial charge is 0.350 e. The molecule has 0 fully saturated rings. The Morgan fingerprint density at radius 1 is 1.35 bits per heavy atom. The summed E-state index contributed by atoms with van der Waals surface area (Å²) in [6, 6.07) is 0. The van der Waals surface area contributed by atoms with Crippen LogP contribution in [0.5, 0.6) is 0 Å². The molecule has 0 rings (SSSR count). The molecule has 17 heavy (non-hydrogen) atoms. The van der Waals surface area contributed by atoms with Crippen molar-refractivity contribution in [2.24, 2.45) is 0 Å². The van der Waals surface area contributed by atoms with Crippen molar-refractivity contribution in [1.82, 2.24) is 5.32 Å². The van der Waals surface area contributed by atoms with Crippen LogP contribution in [-0.4, -0.2) is 46.7 Å². The molecule has 3 N–H and O–H groups in total. The summed E-state index contributed by atoms with van der Waals surface area (Å²) >= 11 is 0. The van der Waals surface area contributed by atoms with E-state index in [2.05, 4.69) is 14.8 Å². The first kappa shape index (κ1) is 15.3. The van der Waals surface area contributed by atoms with Crippen LogP contribution in [0.25, 0.3) is 0 Å². The Balaban J connectivity index is 4.04. The number of nitrogens with one attached hydrogen (secondary N) is 1. The number of carbonyl (C=O) groups is 3. The fraction of sp³-hybridized carbons (Fsp3) is 0.667. The summed E-state index contributed by atoms with van der Waals surface area (Å²) in [6.45, 7) is 2.91. The Kier molecular flexibility index (Phi) is 5.56. The maximum atomic E-state index is 11.1. The number of hydrogen-bond donors (Lipinski definition) is 3. The van der Waals surface area contributed by atoms with Gasteiger partial charge in [-0.15, -0.1) is 0 Å². The van der Waals surface area contributed by atoms with Gasteiger partial charge in [0.2, 0.25) is 12.0 Å². The molecular weight excluding hydrogens is 234 g/mol. The maximum Gasteiger partial charge on any atom is 0.350 e. The number of rotatable bonds is 6. The van der Waals surface area contributed by atoms with Crippen molar-refractivity contribution in [1.29, 1.82) is 0 Å². The predicted octanol–water partition coefficient (Wildman–Crippen LogP) is -1.18. The third-order valence-corrected chi connectivity index (χ3v) is 1.62. The highest BCUT2D eigenvalue weighted by atomic mass is 16.7. The van der Waals surface area contributed by atoms with E-state index in [0.29, 0.717) is 0 Å². The lowest BCUT2D eigenvalue weighted by Gasteiger charge is -2.19. The zero-order valence-corrected chi connectivity index (χ0v) is 9.72. The van der Waals surface area contributed by atoms with Crippen LogP contribution in [0.3, 0.4) is 0 Å². The lowest BCUT2D eigenvalue weighted by molar-refractivity contribution is -0.183. The minimum absolute atomic E-state index is 0.537. The molecule has 2 unspecified atom stereocenters. The summed E-state index contributed by atoms with van der Waals surface area (Å²) in [4.78, 5) is 32.1. The molecule has 0 aromatic heterocycles. The zero-order chi connectivity index (χ0) is 13.6. The fourth-order valence-corrected chi connectivity index (χ4v) is 0.804. The topological polar surface area (TPSA) is 122 Å². The molecule has 2 atom stereocenters. The van der Waals surface area contributed by atoms with E-state index in [1.807, 2.05) is 0 Å². The Hall–Kier alpha value is -1.67. The molecule has 0 saturated heterocycles. The summed E-state index contributed by atoms with van der Waals surface area (Å²) in [5, 5.41) is 19.8. The lowest BCUT2D eigenvalue weighted by Crippen LogP contribution is -2.51. The highest BCUT2D eigenvalue weighted by Gasteiger charge is 2.30. The zero-order valence-electron chi connectivity index (χ0n) is 9.72. The third kappa shape index (κ3) is 6.48. The highest BCUT2D eigenvalue weighted by Crippen LogP contribution is 1.99. The predicted molar refractivity (Wildman–Crippen MR) is 53.6 cm³/mol. The van der Waals surface area contributed by atoms with E-state index in [9.17, 15) is 19.5 Å². The minimum Gasteiger partial charge on any atom is -0.478 e. The average molecular weight is 249 g/mol. The summed E-state index contributed by atoms with van der Waals surface area (Å²) in [6.07, 6.45) is -1.07. The van der Waals surface area contributed by atoms with E-state index in [-0.39, 0.29) is 0 Å². The van der Waals surface area contributed by atoms with Crippen LogP contribution in [0, 0.1) is 0 Å². The number of carboxylic acids is 1. The van der Waals surface area contributed by atoms with Crippen LogP contribution >= 0.6 is 0 Å². The Morgan fingerprint density at radius 3 is 2.29 bits per heavy atom. The molecule has 0 spiro atoms.